The summed E-state index contributed by atoms with van der Waals surface area (Å²) in [4.78, 5) is 50.6. The molecule has 0 fully saturated rings. The Morgan fingerprint density at radius 2 is 0.727 bits per heavy atom. The van der Waals surface area contributed by atoms with E-state index in [1.807, 2.05) is 0 Å². The number of hydrogen-bond donors (Lipinski definition) is 0. The van der Waals surface area contributed by atoms with Gasteiger partial charge in [0.1, 0.15) is 0 Å². The van der Waals surface area contributed by atoms with Crippen LogP contribution < -0.4 is 0 Å². The summed E-state index contributed by atoms with van der Waals surface area (Å²) in [7, 11) is 0. The Bertz CT molecular complexity index is 169. The van der Waals surface area contributed by atoms with E-state index in [9.17, 15) is 24.0 Å². The van der Waals surface area contributed by atoms with Crippen molar-refractivity contribution in [1.29, 1.82) is 0 Å². The molecule has 6 heteroatoms. The van der Waals surface area contributed by atoms with E-state index in [-0.39, 0.29) is 24.4 Å². The number of carbonyl (C=O) groups excluding carboxylic acids is 5. The molecule has 0 saturated carbocycles. The van der Waals surface area contributed by atoms with Gasteiger partial charge in [0.15, 0.2) is 0 Å². The molecule has 0 aliphatic heterocycles. The minimum absolute atomic E-state index is 0.114. The van der Waals surface area contributed by atoms with Crippen molar-refractivity contribution in [3.8, 4) is 0 Å². The average Bonchev–Trinajstić information content (AvgIpc) is 2.12. The number of rotatable bonds is 5. The summed E-state index contributed by atoms with van der Waals surface area (Å²) in [6, 6.07) is 0. The molecule has 0 amide bonds. The van der Waals surface area contributed by atoms with E-state index < -0.39 is 13.6 Å². The van der Waals surface area contributed by atoms with Crippen LogP contribution in [0.4, 0.5) is 0 Å². The van der Waals surface area contributed by atoms with E-state index in [1.165, 1.54) is 0 Å². The van der Waals surface area contributed by atoms with Crippen LogP contribution in [-0.4, -0.2) is 24.4 Å². The zero-order valence-electron chi connectivity index (χ0n) is 5.28. The van der Waals surface area contributed by atoms with E-state index in [1.54, 1.807) is 0 Å². The van der Waals surface area contributed by atoms with Crippen molar-refractivity contribution >= 4 is 24.4 Å². The van der Waals surface area contributed by atoms with Gasteiger partial charge < -0.3 is 0 Å². The van der Waals surface area contributed by atoms with E-state index in [2.05, 4.69) is 0 Å². The summed E-state index contributed by atoms with van der Waals surface area (Å²) in [5.74, 6) is 0. The van der Waals surface area contributed by atoms with Gasteiger partial charge in [-0.1, -0.05) is 0 Å². The van der Waals surface area contributed by atoms with Crippen molar-refractivity contribution < 1.29 is 37.6 Å². The third-order valence-corrected chi connectivity index (χ3v) is 5.69. The van der Waals surface area contributed by atoms with Gasteiger partial charge in [-0.2, -0.15) is 0 Å². The van der Waals surface area contributed by atoms with Crippen molar-refractivity contribution in [2.75, 3.05) is 0 Å². The van der Waals surface area contributed by atoms with Gasteiger partial charge in [0.2, 0.25) is 0 Å². The molecule has 0 unspecified atom stereocenters. The predicted octanol–water partition coefficient (Wildman–Crippen LogP) is -1.37. The van der Waals surface area contributed by atoms with Gasteiger partial charge in [-0.25, -0.2) is 0 Å². The molecule has 0 bridgehead atoms. The maximum absolute atomic E-state index is 10.2. The zero-order chi connectivity index (χ0) is 8.98. The van der Waals surface area contributed by atoms with Crippen LogP contribution in [0.2, 0.25) is 0 Å². The fraction of sp³-hybridized carbons (Fsp3) is 0. The second-order valence-corrected chi connectivity index (χ2v) is 9.44. The number of hydrogen-bond acceptors (Lipinski definition) is 5. The van der Waals surface area contributed by atoms with Crippen LogP contribution in [0, 0.1) is 0 Å². The molecule has 0 radical (unpaired) electrons. The molecule has 0 aromatic heterocycles. The van der Waals surface area contributed by atoms with Gasteiger partial charge >= 0.3 is 62.0 Å². The Morgan fingerprint density at radius 1 is 0.545 bits per heavy atom. The van der Waals surface area contributed by atoms with Crippen molar-refractivity contribution in [3.05, 3.63) is 0 Å². The van der Waals surface area contributed by atoms with Crippen molar-refractivity contribution in [3.63, 3.8) is 0 Å². The molecule has 5 nitrogen and oxygen atoms in total. The molecule has 0 aromatic rings. The van der Waals surface area contributed by atoms with E-state index in [0.717, 1.165) is 0 Å². The zero-order valence-corrected chi connectivity index (χ0v) is 7.02. The molecule has 0 aromatic carbocycles. The molecular formula is C5H5O5Ru. The Morgan fingerprint density at radius 3 is 0.727 bits per heavy atom. The van der Waals surface area contributed by atoms with Crippen LogP contribution >= 0.6 is 0 Å². The summed E-state index contributed by atoms with van der Waals surface area (Å²) in [6.45, 7) is 0. The predicted molar refractivity (Wildman–Crippen MR) is 33.8 cm³/mol. The van der Waals surface area contributed by atoms with Gasteiger partial charge in [-0.05, 0) is 0 Å². The first kappa shape index (κ1) is 9.97. The van der Waals surface area contributed by atoms with Crippen LogP contribution in [0.3, 0.4) is 0 Å². The van der Waals surface area contributed by atoms with Crippen LogP contribution in [-0.2, 0) is 37.6 Å². The van der Waals surface area contributed by atoms with Crippen molar-refractivity contribution in [1.82, 2.24) is 0 Å². The normalized spacial score (nSPS) is 13.6. The fourth-order valence-corrected chi connectivity index (χ4v) is 1.16. The molecule has 0 rings (SSSR count). The maximum atomic E-state index is 10.2. The van der Waals surface area contributed by atoms with Crippen molar-refractivity contribution in [2.24, 2.45) is 0 Å². The second kappa shape index (κ2) is 2.92. The topological polar surface area (TPSA) is 85.3 Å². The molecule has 0 atom stereocenters. The third-order valence-electron chi connectivity index (χ3n) is 0.962. The summed E-state index contributed by atoms with van der Waals surface area (Å²) in [6.07, 6.45) is 0. The summed E-state index contributed by atoms with van der Waals surface area (Å²) in [5, 5.41) is 0. The molecule has 0 spiro atoms. The van der Waals surface area contributed by atoms with Gasteiger partial charge in [-0.3, -0.25) is 0 Å². The van der Waals surface area contributed by atoms with Gasteiger partial charge in [0.05, 0.1) is 0 Å². The summed E-state index contributed by atoms with van der Waals surface area (Å²) < 4.78 is 0. The van der Waals surface area contributed by atoms with Crippen LogP contribution in [0.15, 0.2) is 0 Å². The standard InChI is InChI=1S/5CHO.Ru/c5*1-2;/h5*1H;. The monoisotopic (exact) mass is 247 g/mol. The first-order chi connectivity index (χ1) is 5.12. The van der Waals surface area contributed by atoms with Crippen molar-refractivity contribution in [2.45, 2.75) is 0 Å². The quantitative estimate of drug-likeness (QED) is 0.441. The first-order valence-electron chi connectivity index (χ1n) is 2.20. The second-order valence-electron chi connectivity index (χ2n) is 1.60. The van der Waals surface area contributed by atoms with Crippen LogP contribution in [0.1, 0.15) is 0 Å². The Balaban J connectivity index is 5.51. The van der Waals surface area contributed by atoms with E-state index in [0.29, 0.717) is 0 Å². The molecule has 11 heavy (non-hydrogen) atoms. The fourth-order valence-electron chi connectivity index (χ4n) is 0.196. The molecule has 0 aliphatic rings. The van der Waals surface area contributed by atoms with Gasteiger partial charge in [0.25, 0.3) is 0 Å². The van der Waals surface area contributed by atoms with Gasteiger partial charge in [-0.15, -0.1) is 0 Å². The Hall–Kier alpha value is -1.03. The Kier molecular flexibility index (Phi) is 2.65. The van der Waals surface area contributed by atoms with Gasteiger partial charge in [0, 0.05) is 0 Å². The molecule has 0 saturated heterocycles. The SMILES string of the molecule is O=[CH][Ru]([CH]=O)([CH]=O)([CH]=O)[CH]=O. The van der Waals surface area contributed by atoms with Crippen LogP contribution in [0.25, 0.3) is 0 Å². The molecular weight excluding hydrogens is 241 g/mol. The van der Waals surface area contributed by atoms with Crippen LogP contribution in [0.5, 0.6) is 0 Å². The minimum atomic E-state index is -5.11. The van der Waals surface area contributed by atoms with E-state index in [4.69, 9.17) is 0 Å². The first-order valence-corrected chi connectivity index (χ1v) is 7.22. The summed E-state index contributed by atoms with van der Waals surface area (Å²) in [5.41, 5.74) is 0. The third kappa shape index (κ3) is 1.21. The number of carbonyl (C=O) groups is 5. The molecule has 63 valence electrons. The molecule has 0 aliphatic carbocycles. The Labute approximate surface area is 62.5 Å². The molecule has 0 heterocycles. The summed E-state index contributed by atoms with van der Waals surface area (Å²) >= 11 is -5.11. The molecule has 0 N–H and O–H groups in total. The average molecular weight is 246 g/mol. The van der Waals surface area contributed by atoms with E-state index >= 15 is 0 Å².